The summed E-state index contributed by atoms with van der Waals surface area (Å²) < 4.78 is 0. The molecule has 0 amide bonds. The van der Waals surface area contributed by atoms with Crippen molar-refractivity contribution in [2.45, 2.75) is 25.3 Å². The van der Waals surface area contributed by atoms with E-state index in [1.807, 2.05) is 11.8 Å². The van der Waals surface area contributed by atoms with Crippen LogP contribution in [0.1, 0.15) is 19.3 Å². The maximum Gasteiger partial charge on any atom is 0.235 e. The molecule has 0 N–H and O–H groups in total. The van der Waals surface area contributed by atoms with Gasteiger partial charge in [0, 0.05) is 11.2 Å². The summed E-state index contributed by atoms with van der Waals surface area (Å²) in [6.45, 7) is 0. The molecule has 1 saturated heterocycles. The van der Waals surface area contributed by atoms with Gasteiger partial charge in [0.05, 0.1) is 6.04 Å². The van der Waals surface area contributed by atoms with E-state index in [0.29, 0.717) is 11.5 Å². The number of isocyanates is 1. The monoisotopic (exact) mass is 169 g/mol. The van der Waals surface area contributed by atoms with Crippen molar-refractivity contribution >= 4 is 17.8 Å². The molecule has 60 valence electrons. The van der Waals surface area contributed by atoms with Gasteiger partial charge in [0.15, 0.2) is 0 Å². The van der Waals surface area contributed by atoms with Crippen LogP contribution in [0, 0.1) is 5.41 Å². The summed E-state index contributed by atoms with van der Waals surface area (Å²) in [4.78, 5) is 13.8. The predicted octanol–water partition coefficient (Wildman–Crippen LogP) is 1.61. The Morgan fingerprint density at radius 2 is 2.55 bits per heavy atom. The molecule has 1 aliphatic carbocycles. The Morgan fingerprint density at radius 3 is 3.18 bits per heavy atom. The molecule has 1 saturated carbocycles. The summed E-state index contributed by atoms with van der Waals surface area (Å²) >= 11 is 2.00. The van der Waals surface area contributed by atoms with Crippen LogP contribution in [-0.4, -0.2) is 23.6 Å². The first-order valence-electron chi connectivity index (χ1n) is 4.02. The van der Waals surface area contributed by atoms with Gasteiger partial charge in [-0.25, -0.2) is 9.79 Å². The lowest BCUT2D eigenvalue weighted by Gasteiger charge is -2.20. The molecule has 0 radical (unpaired) electrons. The maximum absolute atomic E-state index is 9.98. The van der Waals surface area contributed by atoms with E-state index in [0.717, 1.165) is 6.42 Å². The van der Waals surface area contributed by atoms with Crippen LogP contribution in [0.3, 0.4) is 0 Å². The van der Waals surface area contributed by atoms with Crippen LogP contribution in [0.25, 0.3) is 0 Å². The number of thioether (sulfide) groups is 1. The van der Waals surface area contributed by atoms with Crippen LogP contribution >= 0.6 is 11.8 Å². The Morgan fingerprint density at radius 1 is 1.64 bits per heavy atom. The number of aliphatic imine (C=N–C) groups is 1. The summed E-state index contributed by atoms with van der Waals surface area (Å²) in [7, 11) is 0. The number of nitrogens with zero attached hydrogens (tertiary/aromatic N) is 1. The topological polar surface area (TPSA) is 29.4 Å². The summed E-state index contributed by atoms with van der Waals surface area (Å²) in [5.41, 5.74) is 0.431. The van der Waals surface area contributed by atoms with Crippen molar-refractivity contribution < 1.29 is 4.79 Å². The fourth-order valence-electron chi connectivity index (χ4n) is 1.87. The lowest BCUT2D eigenvalue weighted by molar-refractivity contribution is 0.487. The molecule has 2 nitrogen and oxygen atoms in total. The molecule has 0 aromatic heterocycles. The van der Waals surface area contributed by atoms with E-state index in [2.05, 4.69) is 4.99 Å². The number of hydrogen-bond acceptors (Lipinski definition) is 3. The second kappa shape index (κ2) is 2.65. The normalized spacial score (nSPS) is 41.6. The zero-order valence-electron chi connectivity index (χ0n) is 6.38. The van der Waals surface area contributed by atoms with E-state index in [4.69, 9.17) is 0 Å². The first-order valence-corrected chi connectivity index (χ1v) is 5.18. The molecule has 2 rings (SSSR count). The highest BCUT2D eigenvalue weighted by Crippen LogP contribution is 2.56. The van der Waals surface area contributed by atoms with Crippen molar-refractivity contribution in [2.75, 3.05) is 11.5 Å². The van der Waals surface area contributed by atoms with Gasteiger partial charge in [0.25, 0.3) is 0 Å². The van der Waals surface area contributed by atoms with Crippen LogP contribution in [-0.2, 0) is 4.79 Å². The highest BCUT2D eigenvalue weighted by Gasteiger charge is 2.54. The molecule has 1 spiro atoms. The summed E-state index contributed by atoms with van der Waals surface area (Å²) in [6.07, 6.45) is 5.38. The van der Waals surface area contributed by atoms with Gasteiger partial charge in [-0.05, 0) is 25.0 Å². The highest BCUT2D eigenvalue weighted by molar-refractivity contribution is 7.99. The standard InChI is InChI=1S/C8H11NOS/c10-6-9-7-4-8(7)2-1-3-11-5-8/h7H,1-5H2. The molecule has 2 aliphatic rings. The highest BCUT2D eigenvalue weighted by atomic mass is 32.2. The Hall–Kier alpha value is -0.270. The Labute approximate surface area is 70.5 Å². The molecule has 2 unspecified atom stereocenters. The van der Waals surface area contributed by atoms with Gasteiger partial charge in [0.1, 0.15) is 0 Å². The van der Waals surface area contributed by atoms with Crippen molar-refractivity contribution in [1.82, 2.24) is 0 Å². The van der Waals surface area contributed by atoms with E-state index >= 15 is 0 Å². The lowest BCUT2D eigenvalue weighted by atomic mass is 10.0. The Kier molecular flexibility index (Phi) is 1.78. The molecule has 0 aromatic carbocycles. The van der Waals surface area contributed by atoms with Gasteiger partial charge >= 0.3 is 0 Å². The minimum atomic E-state index is 0.327. The number of hydrogen-bond donors (Lipinski definition) is 0. The van der Waals surface area contributed by atoms with E-state index in [1.54, 1.807) is 6.08 Å². The third-order valence-electron chi connectivity index (χ3n) is 2.71. The van der Waals surface area contributed by atoms with Crippen molar-refractivity contribution in [1.29, 1.82) is 0 Å². The van der Waals surface area contributed by atoms with Crippen LogP contribution in [0.4, 0.5) is 0 Å². The van der Waals surface area contributed by atoms with Crippen LogP contribution in [0.15, 0.2) is 4.99 Å². The smallest absolute Gasteiger partial charge is 0.211 e. The molecule has 3 heteroatoms. The first-order chi connectivity index (χ1) is 5.37. The molecule has 0 bridgehead atoms. The number of rotatable bonds is 1. The van der Waals surface area contributed by atoms with E-state index in [-0.39, 0.29) is 0 Å². The maximum atomic E-state index is 9.98. The van der Waals surface area contributed by atoms with Crippen molar-refractivity contribution in [3.63, 3.8) is 0 Å². The summed E-state index contributed by atoms with van der Waals surface area (Å²) in [5.74, 6) is 2.50. The summed E-state index contributed by atoms with van der Waals surface area (Å²) in [6, 6.07) is 0.327. The van der Waals surface area contributed by atoms with E-state index in [9.17, 15) is 4.79 Å². The molecule has 2 fully saturated rings. The molecular formula is C8H11NOS. The first kappa shape index (κ1) is 7.38. The van der Waals surface area contributed by atoms with Crippen molar-refractivity contribution in [2.24, 2.45) is 10.4 Å². The zero-order valence-corrected chi connectivity index (χ0v) is 7.19. The van der Waals surface area contributed by atoms with Crippen LogP contribution in [0.2, 0.25) is 0 Å². The van der Waals surface area contributed by atoms with Crippen molar-refractivity contribution in [3.8, 4) is 0 Å². The van der Waals surface area contributed by atoms with Gasteiger partial charge in [-0.1, -0.05) is 0 Å². The molecular weight excluding hydrogens is 158 g/mol. The fraction of sp³-hybridized carbons (Fsp3) is 0.875. The van der Waals surface area contributed by atoms with Gasteiger partial charge in [-0.2, -0.15) is 11.8 Å². The Bertz CT molecular complexity index is 204. The molecule has 2 atom stereocenters. The zero-order chi connectivity index (χ0) is 7.73. The van der Waals surface area contributed by atoms with E-state index in [1.165, 1.54) is 24.3 Å². The molecule has 11 heavy (non-hydrogen) atoms. The van der Waals surface area contributed by atoms with Gasteiger partial charge in [-0.15, -0.1) is 0 Å². The minimum Gasteiger partial charge on any atom is -0.211 e. The lowest BCUT2D eigenvalue weighted by Crippen LogP contribution is -2.14. The summed E-state index contributed by atoms with van der Waals surface area (Å²) in [5, 5.41) is 0. The van der Waals surface area contributed by atoms with Crippen LogP contribution in [0.5, 0.6) is 0 Å². The fourth-order valence-corrected chi connectivity index (χ4v) is 3.22. The average Bonchev–Trinajstić information content (AvgIpc) is 2.66. The second-order valence-corrected chi connectivity index (χ2v) is 4.56. The second-order valence-electron chi connectivity index (χ2n) is 3.46. The SMILES string of the molecule is O=C=NC1CC12CCCSC2. The largest absolute Gasteiger partial charge is 0.235 e. The van der Waals surface area contributed by atoms with Gasteiger partial charge < -0.3 is 0 Å². The molecule has 1 heterocycles. The van der Waals surface area contributed by atoms with Gasteiger partial charge in [-0.3, -0.25) is 0 Å². The third-order valence-corrected chi connectivity index (χ3v) is 4.06. The third kappa shape index (κ3) is 1.23. The molecule has 0 aromatic rings. The van der Waals surface area contributed by atoms with Gasteiger partial charge in [0.2, 0.25) is 6.08 Å². The quantitative estimate of drug-likeness (QED) is 0.441. The predicted molar refractivity (Wildman–Crippen MR) is 45.5 cm³/mol. The molecule has 1 aliphatic heterocycles. The van der Waals surface area contributed by atoms with Crippen LogP contribution < -0.4 is 0 Å². The van der Waals surface area contributed by atoms with E-state index < -0.39 is 0 Å². The Balaban J connectivity index is 1.98. The number of carbonyl (C=O) groups excluding carboxylic acids is 1. The minimum absolute atomic E-state index is 0.327. The van der Waals surface area contributed by atoms with Crippen molar-refractivity contribution in [3.05, 3.63) is 0 Å². The average molecular weight is 169 g/mol.